The van der Waals surface area contributed by atoms with Crippen molar-refractivity contribution in [1.82, 2.24) is 4.72 Å². The number of nitro groups is 1. The Labute approximate surface area is 124 Å². The number of nitrogens with zero attached hydrogens (tertiary/aromatic N) is 1. The second kappa shape index (κ2) is 6.86. The van der Waals surface area contributed by atoms with Gasteiger partial charge in [-0.1, -0.05) is 20.3 Å². The number of benzene rings is 1. The molecule has 8 heteroatoms. The largest absolute Gasteiger partial charge is 0.393 e. The van der Waals surface area contributed by atoms with Gasteiger partial charge in [0.05, 0.1) is 9.82 Å². The summed E-state index contributed by atoms with van der Waals surface area (Å²) < 4.78 is 27.0. The lowest BCUT2D eigenvalue weighted by atomic mass is 10.0. The summed E-state index contributed by atoms with van der Waals surface area (Å²) in [6.45, 7) is 5.88. The van der Waals surface area contributed by atoms with E-state index in [-0.39, 0.29) is 22.3 Å². The smallest absolute Gasteiger partial charge is 0.292 e. The number of rotatable bonds is 7. The van der Waals surface area contributed by atoms with E-state index in [1.807, 2.05) is 6.92 Å². The number of hydrogen-bond acceptors (Lipinski definition) is 5. The molecule has 0 saturated carbocycles. The average Bonchev–Trinajstić information content (AvgIpc) is 2.37. The molecular formula is C13H21N3O4S. The molecule has 0 aliphatic heterocycles. The first-order chi connectivity index (χ1) is 9.67. The van der Waals surface area contributed by atoms with Gasteiger partial charge < -0.3 is 5.73 Å². The highest BCUT2D eigenvalue weighted by molar-refractivity contribution is 7.89. The predicted octanol–water partition coefficient (Wildman–Crippen LogP) is 2.28. The third-order valence-corrected chi connectivity index (χ3v) is 4.90. The van der Waals surface area contributed by atoms with Gasteiger partial charge in [-0.25, -0.2) is 13.1 Å². The first kappa shape index (κ1) is 17.4. The lowest BCUT2D eigenvalue weighted by Gasteiger charge is -2.17. The first-order valence-corrected chi connectivity index (χ1v) is 8.22. The normalized spacial score (nSPS) is 14.6. The van der Waals surface area contributed by atoms with Crippen molar-refractivity contribution in [3.63, 3.8) is 0 Å². The molecule has 0 aliphatic rings. The highest BCUT2D eigenvalue weighted by atomic mass is 32.2. The zero-order valence-corrected chi connectivity index (χ0v) is 13.2. The molecule has 7 nitrogen and oxygen atoms in total. The Morgan fingerprint density at radius 2 is 2.00 bits per heavy atom. The lowest BCUT2D eigenvalue weighted by molar-refractivity contribution is -0.383. The van der Waals surface area contributed by atoms with Gasteiger partial charge in [-0.05, 0) is 31.4 Å². The highest BCUT2D eigenvalue weighted by Gasteiger charge is 2.21. The molecule has 0 aliphatic carbocycles. The summed E-state index contributed by atoms with van der Waals surface area (Å²) in [4.78, 5) is 9.96. The maximum absolute atomic E-state index is 12.2. The fourth-order valence-electron chi connectivity index (χ4n) is 2.02. The summed E-state index contributed by atoms with van der Waals surface area (Å²) >= 11 is 0. The summed E-state index contributed by atoms with van der Waals surface area (Å²) in [7, 11) is -3.73. The summed E-state index contributed by atoms with van der Waals surface area (Å²) in [6.07, 6.45) is 1.69. The molecule has 0 spiro atoms. The van der Waals surface area contributed by atoms with Crippen molar-refractivity contribution < 1.29 is 13.3 Å². The Kier molecular flexibility index (Phi) is 5.68. The van der Waals surface area contributed by atoms with Crippen LogP contribution in [0.1, 0.15) is 33.6 Å². The first-order valence-electron chi connectivity index (χ1n) is 6.73. The van der Waals surface area contributed by atoms with Crippen molar-refractivity contribution in [3.05, 3.63) is 28.3 Å². The third-order valence-electron chi connectivity index (χ3n) is 3.32. The van der Waals surface area contributed by atoms with E-state index in [1.165, 1.54) is 6.07 Å². The third kappa shape index (κ3) is 4.68. The van der Waals surface area contributed by atoms with Crippen LogP contribution in [-0.4, -0.2) is 19.4 Å². The maximum Gasteiger partial charge on any atom is 0.292 e. The Hall–Kier alpha value is -1.67. The highest BCUT2D eigenvalue weighted by Crippen LogP contribution is 2.24. The Morgan fingerprint density at radius 3 is 2.48 bits per heavy atom. The van der Waals surface area contributed by atoms with Gasteiger partial charge >= 0.3 is 0 Å². The Bertz CT molecular complexity index is 616. The molecule has 0 saturated heterocycles. The number of nitrogens with two attached hydrogens (primary N) is 1. The van der Waals surface area contributed by atoms with Crippen molar-refractivity contribution in [1.29, 1.82) is 0 Å². The Morgan fingerprint density at radius 1 is 1.38 bits per heavy atom. The molecule has 3 N–H and O–H groups in total. The van der Waals surface area contributed by atoms with Crippen LogP contribution in [0.15, 0.2) is 23.1 Å². The topological polar surface area (TPSA) is 115 Å². The monoisotopic (exact) mass is 315 g/mol. The molecule has 0 bridgehead atoms. The minimum absolute atomic E-state index is 0.0680. The summed E-state index contributed by atoms with van der Waals surface area (Å²) in [5, 5.41) is 10.7. The van der Waals surface area contributed by atoms with Gasteiger partial charge in [-0.15, -0.1) is 0 Å². The quantitative estimate of drug-likeness (QED) is 0.455. The van der Waals surface area contributed by atoms with Crippen LogP contribution in [0.4, 0.5) is 11.4 Å². The van der Waals surface area contributed by atoms with Gasteiger partial charge in [0.1, 0.15) is 5.69 Å². The molecule has 0 aromatic heterocycles. The zero-order valence-electron chi connectivity index (χ0n) is 12.4. The zero-order chi connectivity index (χ0) is 16.2. The fraction of sp³-hybridized carbons (Fsp3) is 0.538. The van der Waals surface area contributed by atoms with Crippen molar-refractivity contribution in [2.24, 2.45) is 5.92 Å². The lowest BCUT2D eigenvalue weighted by Crippen LogP contribution is -2.33. The molecule has 2 unspecified atom stereocenters. The van der Waals surface area contributed by atoms with E-state index in [2.05, 4.69) is 11.6 Å². The number of nitro benzene ring substituents is 1. The van der Waals surface area contributed by atoms with E-state index in [0.717, 1.165) is 25.0 Å². The molecule has 2 atom stereocenters. The summed E-state index contributed by atoms with van der Waals surface area (Å²) in [6, 6.07) is 3.17. The number of nitrogens with one attached hydrogen (secondary N) is 1. The van der Waals surface area contributed by atoms with E-state index in [4.69, 9.17) is 5.73 Å². The predicted molar refractivity (Wildman–Crippen MR) is 81.4 cm³/mol. The molecule has 1 aromatic rings. The summed E-state index contributed by atoms with van der Waals surface area (Å²) in [5.74, 6) is 0.407. The van der Waals surface area contributed by atoms with Crippen LogP contribution >= 0.6 is 0 Å². The van der Waals surface area contributed by atoms with Crippen LogP contribution in [0.3, 0.4) is 0 Å². The Balaban J connectivity index is 2.93. The minimum Gasteiger partial charge on any atom is -0.393 e. The SMILES string of the molecule is CCC(C)CC(C)NS(=O)(=O)c1ccc([N+](=O)[O-])c(N)c1. The molecule has 21 heavy (non-hydrogen) atoms. The van der Waals surface area contributed by atoms with Gasteiger partial charge in [0.2, 0.25) is 10.0 Å². The van der Waals surface area contributed by atoms with Gasteiger partial charge in [0.25, 0.3) is 5.69 Å². The standard InChI is InChI=1S/C13H21N3O4S/c1-4-9(2)7-10(3)15-21(19,20)11-5-6-13(16(17)18)12(14)8-11/h5-6,8-10,15H,4,7,14H2,1-3H3. The molecule has 1 aromatic carbocycles. The molecular weight excluding hydrogens is 294 g/mol. The van der Waals surface area contributed by atoms with Crippen LogP contribution in [0.5, 0.6) is 0 Å². The molecule has 0 heterocycles. The van der Waals surface area contributed by atoms with Gasteiger partial charge in [0, 0.05) is 12.1 Å². The van der Waals surface area contributed by atoms with E-state index in [9.17, 15) is 18.5 Å². The number of sulfonamides is 1. The molecule has 0 amide bonds. The van der Waals surface area contributed by atoms with Crippen LogP contribution < -0.4 is 10.5 Å². The van der Waals surface area contributed by atoms with Crippen LogP contribution in [-0.2, 0) is 10.0 Å². The molecule has 1 rings (SSSR count). The fourth-order valence-corrected chi connectivity index (χ4v) is 3.31. The van der Waals surface area contributed by atoms with E-state index >= 15 is 0 Å². The molecule has 0 fully saturated rings. The van der Waals surface area contributed by atoms with E-state index < -0.39 is 14.9 Å². The second-order valence-electron chi connectivity index (χ2n) is 5.25. The van der Waals surface area contributed by atoms with Crippen molar-refractivity contribution in [2.75, 3.05) is 5.73 Å². The van der Waals surface area contributed by atoms with Crippen LogP contribution in [0.25, 0.3) is 0 Å². The van der Waals surface area contributed by atoms with E-state index in [0.29, 0.717) is 5.92 Å². The minimum atomic E-state index is -3.73. The van der Waals surface area contributed by atoms with Crippen molar-refractivity contribution in [3.8, 4) is 0 Å². The van der Waals surface area contributed by atoms with Gasteiger partial charge in [0.15, 0.2) is 0 Å². The van der Waals surface area contributed by atoms with Crippen LogP contribution in [0, 0.1) is 16.0 Å². The average molecular weight is 315 g/mol. The van der Waals surface area contributed by atoms with Gasteiger partial charge in [-0.3, -0.25) is 10.1 Å². The van der Waals surface area contributed by atoms with Crippen molar-refractivity contribution in [2.45, 2.75) is 44.6 Å². The van der Waals surface area contributed by atoms with Gasteiger partial charge in [-0.2, -0.15) is 0 Å². The molecule has 0 radical (unpaired) electrons. The summed E-state index contributed by atoms with van der Waals surface area (Å²) in [5.41, 5.74) is 5.05. The number of anilines is 1. The maximum atomic E-state index is 12.2. The number of hydrogen-bond donors (Lipinski definition) is 2. The molecule has 118 valence electrons. The van der Waals surface area contributed by atoms with Crippen LogP contribution in [0.2, 0.25) is 0 Å². The van der Waals surface area contributed by atoms with E-state index in [1.54, 1.807) is 6.92 Å². The van der Waals surface area contributed by atoms with Crippen molar-refractivity contribution >= 4 is 21.4 Å². The second-order valence-corrected chi connectivity index (χ2v) is 6.96. The number of nitrogen functional groups attached to an aromatic ring is 1.